The smallest absolute Gasteiger partial charge is 0.145 e. The molecule has 1 atom stereocenters. The molecule has 1 aromatic rings. The van der Waals surface area contributed by atoms with E-state index in [9.17, 15) is 10.2 Å². The summed E-state index contributed by atoms with van der Waals surface area (Å²) in [4.78, 5) is 0. The first-order valence-electron chi connectivity index (χ1n) is 4.77. The fourth-order valence-corrected chi connectivity index (χ4v) is 1.02. The molecule has 0 saturated carbocycles. The minimum atomic E-state index is -1.50. The minimum absolute atomic E-state index is 0.0292. The van der Waals surface area contributed by atoms with E-state index >= 15 is 0 Å². The van der Waals surface area contributed by atoms with Crippen LogP contribution in [0.1, 0.15) is 18.1 Å². The van der Waals surface area contributed by atoms with Gasteiger partial charge in [0.15, 0.2) is 0 Å². The lowest BCUT2D eigenvalue weighted by Crippen LogP contribution is -2.26. The van der Waals surface area contributed by atoms with E-state index in [2.05, 4.69) is 11.8 Å². The lowest BCUT2D eigenvalue weighted by molar-refractivity contribution is 0.0519. The van der Waals surface area contributed by atoms with Crippen LogP contribution in [0, 0.1) is 11.8 Å². The Labute approximate surface area is 93.8 Å². The average molecular weight is 222 g/mol. The number of aliphatic hydroxyl groups is 3. The molecule has 1 rings (SSSR count). The Morgan fingerprint density at radius 3 is 2.56 bits per heavy atom. The maximum Gasteiger partial charge on any atom is 0.145 e. The lowest BCUT2D eigenvalue weighted by atomic mass is 10.1. The first-order valence-corrected chi connectivity index (χ1v) is 4.77. The molecule has 0 heterocycles. The second-order valence-corrected chi connectivity index (χ2v) is 3.69. The van der Waals surface area contributed by atoms with Gasteiger partial charge in [0, 0.05) is 0 Å². The van der Waals surface area contributed by atoms with Crippen LogP contribution in [0.5, 0.6) is 5.75 Å². The number of hydrogen-bond donors (Lipinski definition) is 4. The third kappa shape index (κ3) is 3.24. The summed E-state index contributed by atoms with van der Waals surface area (Å²) in [6.07, 6.45) is 0. The largest absolute Gasteiger partial charge is 0.507 e. The van der Waals surface area contributed by atoms with E-state index in [0.29, 0.717) is 11.1 Å². The summed E-state index contributed by atoms with van der Waals surface area (Å²) in [5, 5.41) is 36.6. The molecule has 1 aromatic carbocycles. The highest BCUT2D eigenvalue weighted by Gasteiger charge is 2.14. The molecule has 86 valence electrons. The Bertz CT molecular complexity index is 426. The van der Waals surface area contributed by atoms with Gasteiger partial charge < -0.3 is 20.4 Å². The molecular weight excluding hydrogens is 208 g/mol. The number of rotatable bonds is 2. The van der Waals surface area contributed by atoms with Gasteiger partial charge in [-0.15, -0.1) is 0 Å². The molecule has 0 unspecified atom stereocenters. The van der Waals surface area contributed by atoms with Gasteiger partial charge in [0.05, 0.1) is 18.8 Å². The molecule has 0 bridgehead atoms. The van der Waals surface area contributed by atoms with Gasteiger partial charge in [0.25, 0.3) is 0 Å². The van der Waals surface area contributed by atoms with Crippen molar-refractivity contribution in [2.75, 3.05) is 6.61 Å². The highest BCUT2D eigenvalue weighted by molar-refractivity contribution is 5.48. The number of aromatic hydroxyl groups is 1. The van der Waals surface area contributed by atoms with E-state index in [1.54, 1.807) is 6.07 Å². The van der Waals surface area contributed by atoms with Crippen molar-refractivity contribution in [3.05, 3.63) is 29.3 Å². The van der Waals surface area contributed by atoms with Gasteiger partial charge >= 0.3 is 0 Å². The van der Waals surface area contributed by atoms with Crippen LogP contribution in [-0.2, 0) is 6.61 Å². The monoisotopic (exact) mass is 222 g/mol. The maximum absolute atomic E-state index is 9.47. The topological polar surface area (TPSA) is 80.9 Å². The number of aliphatic hydroxyl groups excluding tert-OH is 2. The van der Waals surface area contributed by atoms with Crippen molar-refractivity contribution in [1.82, 2.24) is 0 Å². The first-order chi connectivity index (χ1) is 7.48. The van der Waals surface area contributed by atoms with Gasteiger partial charge in [-0.1, -0.05) is 17.9 Å². The summed E-state index contributed by atoms with van der Waals surface area (Å²) in [6, 6.07) is 4.52. The Balaban J connectivity index is 3.05. The van der Waals surface area contributed by atoms with E-state index in [1.807, 2.05) is 0 Å². The van der Waals surface area contributed by atoms with Crippen molar-refractivity contribution in [1.29, 1.82) is 0 Å². The summed E-state index contributed by atoms with van der Waals surface area (Å²) < 4.78 is 0. The van der Waals surface area contributed by atoms with Crippen LogP contribution in [0.2, 0.25) is 0 Å². The van der Waals surface area contributed by atoms with Crippen LogP contribution in [0.25, 0.3) is 0 Å². The Kier molecular flexibility index (Phi) is 3.91. The van der Waals surface area contributed by atoms with Crippen molar-refractivity contribution in [2.45, 2.75) is 19.1 Å². The van der Waals surface area contributed by atoms with Crippen molar-refractivity contribution in [3.8, 4) is 17.6 Å². The van der Waals surface area contributed by atoms with E-state index in [0.717, 1.165) is 0 Å². The molecule has 4 heteroatoms. The Morgan fingerprint density at radius 1 is 1.31 bits per heavy atom. The molecule has 4 nitrogen and oxygen atoms in total. The lowest BCUT2D eigenvalue weighted by Gasteiger charge is -2.11. The fourth-order valence-electron chi connectivity index (χ4n) is 1.02. The van der Waals surface area contributed by atoms with E-state index < -0.39 is 12.2 Å². The van der Waals surface area contributed by atoms with Crippen molar-refractivity contribution >= 4 is 0 Å². The van der Waals surface area contributed by atoms with Gasteiger partial charge in [-0.05, 0) is 24.6 Å². The van der Waals surface area contributed by atoms with Gasteiger partial charge in [0.1, 0.15) is 11.4 Å². The molecule has 16 heavy (non-hydrogen) atoms. The highest BCUT2D eigenvalue weighted by atomic mass is 16.3. The highest BCUT2D eigenvalue weighted by Crippen LogP contribution is 2.17. The summed E-state index contributed by atoms with van der Waals surface area (Å²) in [5.74, 6) is 4.96. The zero-order valence-corrected chi connectivity index (χ0v) is 8.94. The van der Waals surface area contributed by atoms with E-state index in [-0.39, 0.29) is 12.4 Å². The molecule has 0 aromatic heterocycles. The Morgan fingerprint density at radius 2 is 2.00 bits per heavy atom. The summed E-state index contributed by atoms with van der Waals surface area (Å²) in [7, 11) is 0. The molecule has 0 spiro atoms. The SMILES string of the molecule is C[C@@](O)(C#Cc1cc(CO)ccc1O)CO. The molecule has 0 radical (unpaired) electrons. The fraction of sp³-hybridized carbons (Fsp3) is 0.333. The second kappa shape index (κ2) is 4.99. The number of benzene rings is 1. The molecule has 0 aliphatic carbocycles. The average Bonchev–Trinajstić information content (AvgIpc) is 2.28. The van der Waals surface area contributed by atoms with Gasteiger partial charge in [0.2, 0.25) is 0 Å². The standard InChI is InChI=1S/C12H14O4/c1-12(16,8-14)5-4-10-6-9(7-13)2-3-11(10)15/h2-3,6,13-16H,7-8H2,1H3/t12-/m1/s1. The molecule has 0 aliphatic rings. The van der Waals surface area contributed by atoms with Crippen LogP contribution in [0.4, 0.5) is 0 Å². The van der Waals surface area contributed by atoms with Gasteiger partial charge in [-0.3, -0.25) is 0 Å². The maximum atomic E-state index is 9.47. The molecular formula is C12H14O4. The Hall–Kier alpha value is -1.54. The predicted molar refractivity (Wildman–Crippen MR) is 58.6 cm³/mol. The third-order valence-electron chi connectivity index (χ3n) is 2.02. The van der Waals surface area contributed by atoms with Crippen molar-refractivity contribution in [2.24, 2.45) is 0 Å². The van der Waals surface area contributed by atoms with Gasteiger partial charge in [-0.2, -0.15) is 0 Å². The third-order valence-corrected chi connectivity index (χ3v) is 2.02. The predicted octanol–water partition coefficient (Wildman–Crippen LogP) is -0.0207. The van der Waals surface area contributed by atoms with Crippen LogP contribution in [-0.4, -0.2) is 32.6 Å². The van der Waals surface area contributed by atoms with Crippen LogP contribution < -0.4 is 0 Å². The van der Waals surface area contributed by atoms with Crippen LogP contribution >= 0.6 is 0 Å². The molecule has 4 N–H and O–H groups in total. The van der Waals surface area contributed by atoms with Crippen LogP contribution in [0.3, 0.4) is 0 Å². The van der Waals surface area contributed by atoms with Crippen LogP contribution in [0.15, 0.2) is 18.2 Å². The first kappa shape index (κ1) is 12.5. The molecule has 0 amide bonds. The zero-order chi connectivity index (χ0) is 12.2. The van der Waals surface area contributed by atoms with E-state index in [1.165, 1.54) is 19.1 Å². The molecule has 0 fully saturated rings. The number of phenols is 1. The van der Waals surface area contributed by atoms with Crippen molar-refractivity contribution < 1.29 is 20.4 Å². The van der Waals surface area contributed by atoms with Crippen molar-refractivity contribution in [3.63, 3.8) is 0 Å². The quantitative estimate of drug-likeness (QED) is 0.530. The second-order valence-electron chi connectivity index (χ2n) is 3.69. The molecule has 0 saturated heterocycles. The summed E-state index contributed by atoms with van der Waals surface area (Å²) in [6.45, 7) is 0.735. The number of hydrogen-bond acceptors (Lipinski definition) is 4. The molecule has 0 aliphatic heterocycles. The minimum Gasteiger partial charge on any atom is -0.507 e. The van der Waals surface area contributed by atoms with Gasteiger partial charge in [-0.25, -0.2) is 0 Å². The van der Waals surface area contributed by atoms with E-state index in [4.69, 9.17) is 10.2 Å². The summed E-state index contributed by atoms with van der Waals surface area (Å²) in [5.41, 5.74) is -0.576. The normalized spacial score (nSPS) is 13.8. The number of phenolic OH excluding ortho intramolecular Hbond substituents is 1. The summed E-state index contributed by atoms with van der Waals surface area (Å²) >= 11 is 0. The zero-order valence-electron chi connectivity index (χ0n) is 8.94.